The lowest BCUT2D eigenvalue weighted by Crippen LogP contribution is -2.07. The van der Waals surface area contributed by atoms with Gasteiger partial charge in [0.05, 0.1) is 26.5 Å². The molecule has 112 valence electrons. The summed E-state index contributed by atoms with van der Waals surface area (Å²) in [5.74, 6) is 1.26. The first-order valence-electron chi connectivity index (χ1n) is 6.83. The second kappa shape index (κ2) is 9.07. The number of methoxy groups -OCH3 is 2. The van der Waals surface area contributed by atoms with Crippen LogP contribution in [-0.2, 0) is 9.53 Å². The fourth-order valence-electron chi connectivity index (χ4n) is 1.88. The first kappa shape index (κ1) is 16.1. The first-order chi connectivity index (χ1) is 9.72. The summed E-state index contributed by atoms with van der Waals surface area (Å²) in [4.78, 5) is 11.2. The molecule has 0 atom stereocenters. The molecule has 0 unspecified atom stereocenters. The minimum absolute atomic E-state index is 0.133. The quantitative estimate of drug-likeness (QED) is 0.557. The number of anilines is 1. The molecule has 0 aliphatic carbocycles. The van der Waals surface area contributed by atoms with Crippen molar-refractivity contribution in [3.8, 4) is 11.5 Å². The van der Waals surface area contributed by atoms with Crippen LogP contribution in [0.1, 0.15) is 26.2 Å². The number of hydrogen-bond acceptors (Lipinski definition) is 5. The second-order valence-electron chi connectivity index (χ2n) is 4.23. The third-order valence-corrected chi connectivity index (χ3v) is 2.83. The SMILES string of the molecule is CCOC(=O)CCCCNc1cccc(OC)c1OC. The van der Waals surface area contributed by atoms with E-state index in [1.165, 1.54) is 0 Å². The van der Waals surface area contributed by atoms with Crippen LogP contribution >= 0.6 is 0 Å². The van der Waals surface area contributed by atoms with Gasteiger partial charge in [0.25, 0.3) is 0 Å². The number of rotatable bonds is 9. The van der Waals surface area contributed by atoms with E-state index in [1.54, 1.807) is 14.2 Å². The largest absolute Gasteiger partial charge is 0.493 e. The number of carbonyl (C=O) groups excluding carboxylic acids is 1. The fraction of sp³-hybridized carbons (Fsp3) is 0.533. The van der Waals surface area contributed by atoms with Crippen LogP contribution in [0.2, 0.25) is 0 Å². The van der Waals surface area contributed by atoms with Crippen LogP contribution in [0.15, 0.2) is 18.2 Å². The molecule has 5 heteroatoms. The maximum Gasteiger partial charge on any atom is 0.305 e. The first-order valence-corrected chi connectivity index (χ1v) is 6.83. The highest BCUT2D eigenvalue weighted by Gasteiger charge is 2.08. The smallest absolute Gasteiger partial charge is 0.305 e. The van der Waals surface area contributed by atoms with E-state index in [9.17, 15) is 4.79 Å². The molecule has 0 aromatic heterocycles. The maximum absolute atomic E-state index is 11.2. The van der Waals surface area contributed by atoms with Crippen molar-refractivity contribution in [1.29, 1.82) is 0 Å². The van der Waals surface area contributed by atoms with Gasteiger partial charge in [-0.25, -0.2) is 0 Å². The molecule has 5 nitrogen and oxygen atoms in total. The van der Waals surface area contributed by atoms with Crippen molar-refractivity contribution in [2.24, 2.45) is 0 Å². The number of nitrogens with one attached hydrogen (secondary N) is 1. The predicted octanol–water partition coefficient (Wildman–Crippen LogP) is 2.85. The molecule has 0 saturated heterocycles. The third kappa shape index (κ3) is 4.99. The number of carbonyl (C=O) groups is 1. The molecule has 1 N–H and O–H groups in total. The normalized spacial score (nSPS) is 9.95. The average molecular weight is 281 g/mol. The van der Waals surface area contributed by atoms with Crippen molar-refractivity contribution in [3.05, 3.63) is 18.2 Å². The van der Waals surface area contributed by atoms with E-state index in [0.29, 0.717) is 24.5 Å². The van der Waals surface area contributed by atoms with Crippen molar-refractivity contribution >= 4 is 11.7 Å². The van der Waals surface area contributed by atoms with Crippen LogP contribution in [0.3, 0.4) is 0 Å². The maximum atomic E-state index is 11.2. The molecule has 1 aromatic rings. The Kier molecular flexibility index (Phi) is 7.32. The lowest BCUT2D eigenvalue weighted by atomic mass is 10.2. The Morgan fingerprint density at radius 1 is 1.20 bits per heavy atom. The Balaban J connectivity index is 2.37. The second-order valence-corrected chi connectivity index (χ2v) is 4.23. The summed E-state index contributed by atoms with van der Waals surface area (Å²) in [6.45, 7) is 3.02. The van der Waals surface area contributed by atoms with Crippen LogP contribution in [0.25, 0.3) is 0 Å². The van der Waals surface area contributed by atoms with Crippen LogP contribution in [0.4, 0.5) is 5.69 Å². The van der Waals surface area contributed by atoms with E-state index >= 15 is 0 Å². The molecular formula is C15H23NO4. The molecule has 0 bridgehead atoms. The van der Waals surface area contributed by atoms with Crippen LogP contribution < -0.4 is 14.8 Å². The van der Waals surface area contributed by atoms with Gasteiger partial charge in [-0.3, -0.25) is 4.79 Å². The lowest BCUT2D eigenvalue weighted by Gasteiger charge is -2.13. The number of esters is 1. The Morgan fingerprint density at radius 3 is 2.65 bits per heavy atom. The van der Waals surface area contributed by atoms with E-state index in [2.05, 4.69) is 5.32 Å². The van der Waals surface area contributed by atoms with Crippen molar-refractivity contribution < 1.29 is 19.0 Å². The van der Waals surface area contributed by atoms with Crippen LogP contribution in [0.5, 0.6) is 11.5 Å². The molecular weight excluding hydrogens is 258 g/mol. The Morgan fingerprint density at radius 2 is 2.00 bits per heavy atom. The van der Waals surface area contributed by atoms with Gasteiger partial charge in [0, 0.05) is 13.0 Å². The molecule has 0 aliphatic heterocycles. The van der Waals surface area contributed by atoms with E-state index in [-0.39, 0.29) is 5.97 Å². The van der Waals surface area contributed by atoms with E-state index in [1.807, 2.05) is 25.1 Å². The number of para-hydroxylation sites is 1. The van der Waals surface area contributed by atoms with Gasteiger partial charge in [-0.05, 0) is 31.9 Å². The zero-order chi connectivity index (χ0) is 14.8. The van der Waals surface area contributed by atoms with Crippen LogP contribution in [0, 0.1) is 0 Å². The van der Waals surface area contributed by atoms with Gasteiger partial charge in [0.15, 0.2) is 11.5 Å². The molecule has 0 radical (unpaired) electrons. The highest BCUT2D eigenvalue weighted by molar-refractivity contribution is 5.69. The highest BCUT2D eigenvalue weighted by Crippen LogP contribution is 2.34. The molecule has 0 aliphatic rings. The lowest BCUT2D eigenvalue weighted by molar-refractivity contribution is -0.143. The van der Waals surface area contributed by atoms with Crippen molar-refractivity contribution in [2.45, 2.75) is 26.2 Å². The molecule has 0 amide bonds. The highest BCUT2D eigenvalue weighted by atomic mass is 16.5. The Hall–Kier alpha value is -1.91. The number of ether oxygens (including phenoxy) is 3. The molecule has 1 aromatic carbocycles. The van der Waals surface area contributed by atoms with Gasteiger partial charge >= 0.3 is 5.97 Å². The van der Waals surface area contributed by atoms with Gasteiger partial charge in [0.2, 0.25) is 0 Å². The van der Waals surface area contributed by atoms with E-state index in [4.69, 9.17) is 14.2 Å². The van der Waals surface area contributed by atoms with Crippen molar-refractivity contribution in [2.75, 3.05) is 32.7 Å². The fourth-order valence-corrected chi connectivity index (χ4v) is 1.88. The van der Waals surface area contributed by atoms with Crippen molar-refractivity contribution in [1.82, 2.24) is 0 Å². The average Bonchev–Trinajstić information content (AvgIpc) is 2.46. The molecule has 0 saturated carbocycles. The Bertz CT molecular complexity index is 420. The molecule has 0 heterocycles. The predicted molar refractivity (Wildman–Crippen MR) is 78.5 cm³/mol. The summed E-state index contributed by atoms with van der Waals surface area (Å²) in [6.07, 6.45) is 2.15. The third-order valence-electron chi connectivity index (χ3n) is 2.83. The molecule has 0 spiro atoms. The molecule has 0 fully saturated rings. The summed E-state index contributed by atoms with van der Waals surface area (Å²) >= 11 is 0. The summed E-state index contributed by atoms with van der Waals surface area (Å²) < 4.78 is 15.4. The standard InChI is InChI=1S/C15H23NO4/c1-4-20-14(17)10-5-6-11-16-12-8-7-9-13(18-2)15(12)19-3/h7-9,16H,4-6,10-11H2,1-3H3. The molecule has 1 rings (SSSR count). The topological polar surface area (TPSA) is 56.8 Å². The van der Waals surface area contributed by atoms with Gasteiger partial charge in [0.1, 0.15) is 0 Å². The zero-order valence-corrected chi connectivity index (χ0v) is 12.4. The van der Waals surface area contributed by atoms with Crippen molar-refractivity contribution in [3.63, 3.8) is 0 Å². The number of hydrogen-bond donors (Lipinski definition) is 1. The Labute approximate surface area is 120 Å². The number of benzene rings is 1. The summed E-state index contributed by atoms with van der Waals surface area (Å²) in [5.41, 5.74) is 0.892. The number of unbranched alkanes of at least 4 members (excludes halogenated alkanes) is 1. The van der Waals surface area contributed by atoms with Gasteiger partial charge in [-0.2, -0.15) is 0 Å². The van der Waals surface area contributed by atoms with Gasteiger partial charge < -0.3 is 19.5 Å². The van der Waals surface area contributed by atoms with E-state index in [0.717, 1.165) is 25.1 Å². The van der Waals surface area contributed by atoms with Crippen LogP contribution in [-0.4, -0.2) is 33.3 Å². The minimum atomic E-state index is -0.133. The monoisotopic (exact) mass is 281 g/mol. The molecule has 20 heavy (non-hydrogen) atoms. The summed E-state index contributed by atoms with van der Waals surface area (Å²) in [7, 11) is 3.23. The minimum Gasteiger partial charge on any atom is -0.493 e. The van der Waals surface area contributed by atoms with Gasteiger partial charge in [-0.1, -0.05) is 6.07 Å². The summed E-state index contributed by atoms with van der Waals surface area (Å²) in [5, 5.41) is 3.29. The van der Waals surface area contributed by atoms with E-state index < -0.39 is 0 Å². The summed E-state index contributed by atoms with van der Waals surface area (Å²) in [6, 6.07) is 5.69. The van der Waals surface area contributed by atoms with Gasteiger partial charge in [-0.15, -0.1) is 0 Å². The zero-order valence-electron chi connectivity index (χ0n) is 12.4.